The molecule has 0 heterocycles. The molecule has 0 saturated heterocycles. The molecule has 0 aliphatic heterocycles. The van der Waals surface area contributed by atoms with Crippen LogP contribution >= 0.6 is 0 Å². The molecule has 0 bridgehead atoms. The molecule has 0 saturated carbocycles. The van der Waals surface area contributed by atoms with Crippen LogP contribution in [0.4, 0.5) is 42.9 Å². The Kier molecular flexibility index (Phi) is 12.1. The van der Waals surface area contributed by atoms with E-state index in [1.807, 2.05) is 72.8 Å². The summed E-state index contributed by atoms with van der Waals surface area (Å²) in [4.78, 5) is 4.27. The zero-order valence-electron chi connectivity index (χ0n) is 44.3. The van der Waals surface area contributed by atoms with Gasteiger partial charge in [0, 0.05) is 44.4 Å². The predicted molar refractivity (Wildman–Crippen MR) is 319 cm³/mol. The summed E-state index contributed by atoms with van der Waals surface area (Å²) in [5, 5.41) is 6.11. The van der Waals surface area contributed by atoms with E-state index in [1.165, 1.54) is 0 Å². The minimum absolute atomic E-state index is 0.299. The lowest BCUT2D eigenvalue weighted by atomic mass is 9.89. The molecule has 0 atom stereocenters. The van der Waals surface area contributed by atoms with E-state index in [0.29, 0.717) is 22.5 Å². The van der Waals surface area contributed by atoms with Gasteiger partial charge in [-0.15, -0.1) is 0 Å². The fraction of sp³-hybridized carbons (Fsp3) is 0.111. The van der Waals surface area contributed by atoms with Gasteiger partial charge in [0.2, 0.25) is 0 Å². The molecule has 0 N–H and O–H groups in total. The summed E-state index contributed by atoms with van der Waals surface area (Å²) < 4.78 is 37.3. The van der Waals surface area contributed by atoms with Crippen molar-refractivity contribution in [2.24, 2.45) is 0 Å². The molecular weight excluding hydrogens is 931 g/mol. The first-order chi connectivity index (χ1) is 36.9. The number of benzene rings is 12. The first kappa shape index (κ1) is 48.1. The molecule has 0 radical (unpaired) electrons. The minimum Gasteiger partial charge on any atom is -0.307 e. The van der Waals surface area contributed by atoms with Crippen molar-refractivity contribution >= 4 is 66.4 Å². The summed E-state index contributed by atoms with van der Waals surface area (Å²) in [7, 11) is 0. The van der Waals surface area contributed by atoms with Crippen molar-refractivity contribution < 1.29 is 8.78 Å². The Morgan fingerprint density at radius 1 is 0.263 bits per heavy atom. The second-order valence-electron chi connectivity index (χ2n) is 20.6. The van der Waals surface area contributed by atoms with Gasteiger partial charge in [-0.2, -0.15) is 0 Å². The number of halogens is 2. The molecule has 76 heavy (non-hydrogen) atoms. The fourth-order valence-corrected chi connectivity index (χ4v) is 11.7. The summed E-state index contributed by atoms with van der Waals surface area (Å²) >= 11 is 0. The SMILES string of the molecule is Cc1cccc(-c2ccc(-c3cccc(C)c3C)c(N(c3ccccc3)c3ccc4ccc5c(N(c6ccccc6)c6c(-c7cccc(C)c7C)ccc(-c7cccc(C)c7C)c6F)ccc6ccc3c4c65)c2F)c1C. The molecule has 370 valence electrons. The molecule has 0 fully saturated rings. The number of rotatable bonds is 10. The van der Waals surface area contributed by atoms with Crippen molar-refractivity contribution in [3.05, 3.63) is 262 Å². The summed E-state index contributed by atoms with van der Waals surface area (Å²) in [5.41, 5.74) is 19.4. The molecule has 0 spiro atoms. The second kappa shape index (κ2) is 19.1. The second-order valence-corrected chi connectivity index (χ2v) is 20.6. The monoisotopic (exact) mass is 988 g/mol. The van der Waals surface area contributed by atoms with Crippen LogP contribution in [-0.2, 0) is 0 Å². The molecule has 12 aromatic rings. The third kappa shape index (κ3) is 7.82. The van der Waals surface area contributed by atoms with Crippen molar-refractivity contribution in [2.45, 2.75) is 55.4 Å². The van der Waals surface area contributed by atoms with E-state index in [-0.39, 0.29) is 11.6 Å². The van der Waals surface area contributed by atoms with Gasteiger partial charge in [0.25, 0.3) is 0 Å². The van der Waals surface area contributed by atoms with Gasteiger partial charge >= 0.3 is 0 Å². The largest absolute Gasteiger partial charge is 0.307 e. The maximum atomic E-state index is 18.7. The Morgan fingerprint density at radius 3 is 0.908 bits per heavy atom. The van der Waals surface area contributed by atoms with Crippen molar-refractivity contribution in [3.63, 3.8) is 0 Å². The Hall–Kier alpha value is -8.86. The summed E-state index contributed by atoms with van der Waals surface area (Å²) in [5.74, 6) is -0.598. The first-order valence-corrected chi connectivity index (χ1v) is 26.2. The van der Waals surface area contributed by atoms with Crippen LogP contribution in [0.3, 0.4) is 0 Å². The number of para-hydroxylation sites is 2. The van der Waals surface area contributed by atoms with Gasteiger partial charge in [0.15, 0.2) is 11.6 Å². The molecule has 0 aromatic heterocycles. The van der Waals surface area contributed by atoms with Crippen LogP contribution in [0.25, 0.3) is 76.8 Å². The maximum Gasteiger partial charge on any atom is 0.155 e. The van der Waals surface area contributed by atoms with Crippen molar-refractivity contribution in [2.75, 3.05) is 9.80 Å². The standard InChI is InChI=1S/C72H58F2N2/c1-43-19-15-27-55(47(43)5)59-37-39-61(57-29-17-21-45(3)49(57)7)71(69(59)73)75(53-23-11-9-12-24-53)65-41-33-51-32-36-64-66(42-34-52-31-35-63(65)67(51)68(52)64)76(54-25-13-10-14-26-54)72-62(58-30-18-22-46(4)50(58)8)40-38-60(70(72)74)56-28-16-20-44(2)48(56)6/h9-42H,1-8H3. The van der Waals surface area contributed by atoms with E-state index in [1.54, 1.807) is 0 Å². The van der Waals surface area contributed by atoms with Crippen LogP contribution in [-0.4, -0.2) is 0 Å². The third-order valence-corrected chi connectivity index (χ3v) is 16.4. The normalized spacial score (nSPS) is 11.6. The highest BCUT2D eigenvalue weighted by Crippen LogP contribution is 2.53. The number of aryl methyl sites for hydroxylation is 4. The van der Waals surface area contributed by atoms with E-state index in [0.717, 1.165) is 133 Å². The number of nitrogens with zero attached hydrogens (tertiary/aromatic N) is 2. The Bertz CT molecular complexity index is 3960. The smallest absolute Gasteiger partial charge is 0.155 e. The third-order valence-electron chi connectivity index (χ3n) is 16.4. The molecule has 4 heteroatoms. The predicted octanol–water partition coefficient (Wildman–Crippen LogP) is 20.9. The average Bonchev–Trinajstić information content (AvgIpc) is 3.63. The topological polar surface area (TPSA) is 6.48 Å². The molecule has 0 unspecified atom stereocenters. The number of hydrogen-bond acceptors (Lipinski definition) is 2. The van der Waals surface area contributed by atoms with Crippen LogP contribution in [0.2, 0.25) is 0 Å². The Labute approximate surface area is 445 Å². The summed E-state index contributed by atoms with van der Waals surface area (Å²) in [6.45, 7) is 16.8. The van der Waals surface area contributed by atoms with Crippen molar-refractivity contribution in [1.29, 1.82) is 0 Å². The van der Waals surface area contributed by atoms with E-state index in [4.69, 9.17) is 0 Å². The lowest BCUT2D eigenvalue weighted by Crippen LogP contribution is -2.15. The lowest BCUT2D eigenvalue weighted by molar-refractivity contribution is 0.632. The van der Waals surface area contributed by atoms with Gasteiger partial charge in [-0.05, 0) is 180 Å². The zero-order valence-corrected chi connectivity index (χ0v) is 44.3. The Balaban J connectivity index is 1.16. The van der Waals surface area contributed by atoms with Crippen molar-refractivity contribution in [1.82, 2.24) is 0 Å². The van der Waals surface area contributed by atoms with E-state index in [9.17, 15) is 0 Å². The highest BCUT2D eigenvalue weighted by atomic mass is 19.1. The van der Waals surface area contributed by atoms with Gasteiger partial charge in [-0.3, -0.25) is 0 Å². The molecule has 12 rings (SSSR count). The minimum atomic E-state index is -0.299. The van der Waals surface area contributed by atoms with Crippen LogP contribution < -0.4 is 9.80 Å². The zero-order chi connectivity index (χ0) is 52.5. The number of hydrogen-bond donors (Lipinski definition) is 0. The highest BCUT2D eigenvalue weighted by Gasteiger charge is 2.30. The number of anilines is 6. The van der Waals surface area contributed by atoms with E-state index >= 15 is 8.78 Å². The quantitative estimate of drug-likeness (QED) is 0.126. The first-order valence-electron chi connectivity index (χ1n) is 26.2. The van der Waals surface area contributed by atoms with Crippen LogP contribution in [0.15, 0.2) is 206 Å². The average molecular weight is 989 g/mol. The van der Waals surface area contributed by atoms with Gasteiger partial charge in [-0.1, -0.05) is 170 Å². The van der Waals surface area contributed by atoms with Crippen LogP contribution in [0, 0.1) is 67.0 Å². The van der Waals surface area contributed by atoms with Crippen molar-refractivity contribution in [3.8, 4) is 44.5 Å². The van der Waals surface area contributed by atoms with Gasteiger partial charge in [0.05, 0.1) is 22.7 Å². The molecular formula is C72H58F2N2. The summed E-state index contributed by atoms with van der Waals surface area (Å²) in [6.07, 6.45) is 0. The molecule has 12 aromatic carbocycles. The maximum absolute atomic E-state index is 18.7. The van der Waals surface area contributed by atoms with Gasteiger partial charge < -0.3 is 9.80 Å². The molecule has 0 amide bonds. The molecule has 0 aliphatic carbocycles. The summed E-state index contributed by atoms with van der Waals surface area (Å²) in [6, 6.07) is 70.7. The van der Waals surface area contributed by atoms with Crippen LogP contribution in [0.1, 0.15) is 44.5 Å². The van der Waals surface area contributed by atoms with E-state index in [2.05, 4.69) is 199 Å². The van der Waals surface area contributed by atoms with Gasteiger partial charge in [-0.25, -0.2) is 8.78 Å². The molecule has 0 aliphatic rings. The highest BCUT2D eigenvalue weighted by molar-refractivity contribution is 6.28. The van der Waals surface area contributed by atoms with Gasteiger partial charge in [0.1, 0.15) is 0 Å². The lowest BCUT2D eigenvalue weighted by Gasteiger charge is -2.32. The Morgan fingerprint density at radius 2 is 0.566 bits per heavy atom. The fourth-order valence-electron chi connectivity index (χ4n) is 11.7. The molecule has 2 nitrogen and oxygen atoms in total. The van der Waals surface area contributed by atoms with Crippen LogP contribution in [0.5, 0.6) is 0 Å². The van der Waals surface area contributed by atoms with E-state index < -0.39 is 0 Å².